The first-order valence-electron chi connectivity index (χ1n) is 9.19. The van der Waals surface area contributed by atoms with Crippen molar-refractivity contribution in [2.45, 2.75) is 29.8 Å². The lowest BCUT2D eigenvalue weighted by atomic mass is 9.94. The maximum absolute atomic E-state index is 13.0. The van der Waals surface area contributed by atoms with Crippen molar-refractivity contribution in [3.8, 4) is 0 Å². The highest BCUT2D eigenvalue weighted by molar-refractivity contribution is 8.04. The summed E-state index contributed by atoms with van der Waals surface area (Å²) in [5.74, 6) is 0.0764. The minimum absolute atomic E-state index is 0.103. The first-order valence-corrected chi connectivity index (χ1v) is 11.4. The molecule has 152 valence electrons. The molecule has 0 bridgehead atoms. The lowest BCUT2D eigenvalue weighted by Crippen LogP contribution is -2.17. The molecule has 0 spiro atoms. The number of ketones is 1. The summed E-state index contributed by atoms with van der Waals surface area (Å²) in [7, 11) is -3.96. The van der Waals surface area contributed by atoms with Gasteiger partial charge in [-0.05, 0) is 41.5 Å². The Morgan fingerprint density at radius 2 is 1.73 bits per heavy atom. The third-order valence-corrected chi connectivity index (χ3v) is 6.82. The average Bonchev–Trinajstić information content (AvgIpc) is 3.24. The van der Waals surface area contributed by atoms with Gasteiger partial charge in [-0.25, -0.2) is 4.98 Å². The second-order valence-corrected chi connectivity index (χ2v) is 9.59. The summed E-state index contributed by atoms with van der Waals surface area (Å²) in [6.45, 7) is 4.08. The Hall–Kier alpha value is -3.04. The van der Waals surface area contributed by atoms with Crippen LogP contribution >= 0.6 is 11.8 Å². The molecule has 2 aromatic carbocycles. The predicted molar refractivity (Wildman–Crippen MR) is 115 cm³/mol. The van der Waals surface area contributed by atoms with Crippen LogP contribution in [0.1, 0.15) is 41.3 Å². The van der Waals surface area contributed by atoms with Crippen molar-refractivity contribution in [1.82, 2.24) is 15.2 Å². The topological polar surface area (TPSA) is 105 Å². The number of rotatable bonds is 5. The largest absolute Gasteiger partial charge is 0.288 e. The Bertz CT molecular complexity index is 1260. The maximum Gasteiger partial charge on any atom is 0.282 e. The van der Waals surface area contributed by atoms with Crippen LogP contribution in [0.2, 0.25) is 0 Å². The summed E-state index contributed by atoms with van der Waals surface area (Å²) in [6, 6.07) is 13.5. The molecule has 1 heterocycles. The highest BCUT2D eigenvalue weighted by atomic mass is 32.2. The van der Waals surface area contributed by atoms with E-state index >= 15 is 0 Å². The number of benzene rings is 2. The van der Waals surface area contributed by atoms with Gasteiger partial charge in [0.1, 0.15) is 6.33 Å². The second-order valence-electron chi connectivity index (χ2n) is 6.95. The minimum atomic E-state index is -3.96. The average molecular weight is 439 g/mol. The van der Waals surface area contributed by atoms with Gasteiger partial charge in [0.2, 0.25) is 5.78 Å². The molecule has 0 amide bonds. The number of H-pyrrole nitrogens is 1. The van der Waals surface area contributed by atoms with Crippen LogP contribution in [-0.4, -0.2) is 35.1 Å². The highest BCUT2D eigenvalue weighted by Crippen LogP contribution is 2.32. The van der Waals surface area contributed by atoms with E-state index in [1.165, 1.54) is 12.4 Å². The zero-order valence-electron chi connectivity index (χ0n) is 16.2. The van der Waals surface area contributed by atoms with Crippen molar-refractivity contribution in [3.63, 3.8) is 0 Å². The number of sulfonamides is 1. The predicted octanol–water partition coefficient (Wildman–Crippen LogP) is 3.98. The van der Waals surface area contributed by atoms with E-state index in [-0.39, 0.29) is 16.4 Å². The van der Waals surface area contributed by atoms with E-state index < -0.39 is 10.0 Å². The van der Waals surface area contributed by atoms with Gasteiger partial charge in [-0.2, -0.15) is 17.9 Å². The summed E-state index contributed by atoms with van der Waals surface area (Å²) < 4.78 is 30.0. The molecule has 1 aromatic heterocycles. The molecule has 30 heavy (non-hydrogen) atoms. The van der Waals surface area contributed by atoms with Gasteiger partial charge in [0, 0.05) is 11.1 Å². The highest BCUT2D eigenvalue weighted by Gasteiger charge is 2.27. The smallest absolute Gasteiger partial charge is 0.282 e. The van der Waals surface area contributed by atoms with Crippen LogP contribution in [0.3, 0.4) is 0 Å². The summed E-state index contributed by atoms with van der Waals surface area (Å²) in [4.78, 5) is 17.3. The van der Waals surface area contributed by atoms with Crippen LogP contribution < -0.4 is 0 Å². The van der Waals surface area contributed by atoms with Crippen molar-refractivity contribution in [3.05, 3.63) is 82.5 Å². The zero-order chi connectivity index (χ0) is 21.3. The Balaban J connectivity index is 1.78. The molecule has 0 saturated heterocycles. The second kappa shape index (κ2) is 8.00. The van der Waals surface area contributed by atoms with Crippen LogP contribution in [0, 0.1) is 0 Å². The zero-order valence-corrected chi connectivity index (χ0v) is 17.9. The van der Waals surface area contributed by atoms with Gasteiger partial charge in [-0.1, -0.05) is 50.2 Å². The first-order chi connectivity index (χ1) is 14.3. The minimum Gasteiger partial charge on any atom is -0.288 e. The monoisotopic (exact) mass is 438 g/mol. The number of carbonyl (C=O) groups is 1. The molecule has 3 aromatic rings. The van der Waals surface area contributed by atoms with E-state index in [1.807, 2.05) is 13.8 Å². The van der Waals surface area contributed by atoms with Gasteiger partial charge >= 0.3 is 0 Å². The number of nitrogens with zero attached hydrogens (tertiary/aromatic N) is 3. The Kier molecular flexibility index (Phi) is 5.40. The fourth-order valence-corrected chi connectivity index (χ4v) is 4.79. The first kappa shape index (κ1) is 20.2. The molecular weight excluding hydrogens is 420 g/mol. The van der Waals surface area contributed by atoms with Gasteiger partial charge in [0.25, 0.3) is 10.0 Å². The summed E-state index contributed by atoms with van der Waals surface area (Å²) in [6.07, 6.45) is 2.82. The van der Waals surface area contributed by atoms with Crippen LogP contribution in [-0.2, 0) is 10.0 Å². The van der Waals surface area contributed by atoms with Crippen molar-refractivity contribution < 1.29 is 13.2 Å². The van der Waals surface area contributed by atoms with Crippen LogP contribution in [0.4, 0.5) is 0 Å². The van der Waals surface area contributed by atoms with Crippen molar-refractivity contribution in [2.24, 2.45) is 4.40 Å². The molecule has 9 heteroatoms. The molecule has 1 aliphatic carbocycles. The van der Waals surface area contributed by atoms with Crippen LogP contribution in [0.15, 0.2) is 80.3 Å². The fraction of sp³-hybridized carbons (Fsp3) is 0.143. The third kappa shape index (κ3) is 3.99. The van der Waals surface area contributed by atoms with Gasteiger partial charge in [0.05, 0.1) is 15.5 Å². The summed E-state index contributed by atoms with van der Waals surface area (Å²) in [5, 5.41) is 6.89. The number of hydrogen-bond donors (Lipinski definition) is 1. The van der Waals surface area contributed by atoms with Crippen LogP contribution in [0.25, 0.3) is 0 Å². The Labute approximate surface area is 178 Å². The van der Waals surface area contributed by atoms with Crippen molar-refractivity contribution >= 4 is 33.3 Å². The summed E-state index contributed by atoms with van der Waals surface area (Å²) in [5.41, 5.74) is 2.12. The normalized spacial score (nSPS) is 15.4. The third-order valence-electron chi connectivity index (χ3n) is 4.60. The van der Waals surface area contributed by atoms with Gasteiger partial charge < -0.3 is 0 Å². The number of hydrogen-bond acceptors (Lipinski definition) is 6. The number of carbonyl (C=O) groups excluding carboxylic acids is 1. The molecule has 1 N–H and O–H groups in total. The maximum atomic E-state index is 13.0. The van der Waals surface area contributed by atoms with E-state index in [4.69, 9.17) is 0 Å². The van der Waals surface area contributed by atoms with Gasteiger partial charge in [-0.3, -0.25) is 9.89 Å². The quantitative estimate of drug-likeness (QED) is 0.646. The van der Waals surface area contributed by atoms with E-state index in [9.17, 15) is 13.2 Å². The molecule has 0 aliphatic heterocycles. The van der Waals surface area contributed by atoms with E-state index in [1.54, 1.807) is 48.5 Å². The summed E-state index contributed by atoms with van der Waals surface area (Å²) >= 11 is 1.08. The number of Topliss-reactive ketones (excluding diaryl/α,β-unsaturated/α-hetero) is 1. The Morgan fingerprint density at radius 3 is 2.37 bits per heavy atom. The van der Waals surface area contributed by atoms with E-state index in [2.05, 4.69) is 19.6 Å². The lowest BCUT2D eigenvalue weighted by molar-refractivity contribution is 0.104. The Morgan fingerprint density at radius 1 is 1.03 bits per heavy atom. The molecule has 0 fully saturated rings. The fourth-order valence-electron chi connectivity index (χ4n) is 3.01. The standard InChI is InChI=1S/C21H18N4O3S2/c1-13(2)14-7-9-15(10-8-14)30(27,28)25-18-11-19(29-21-22-12-23-24-21)20(26)17-6-4-3-5-16(17)18/h3-13H,1-2H3,(H,22,23,24)/b25-18-. The van der Waals surface area contributed by atoms with Crippen molar-refractivity contribution in [1.29, 1.82) is 0 Å². The molecule has 4 rings (SSSR count). The molecule has 0 unspecified atom stereocenters. The van der Waals surface area contributed by atoms with E-state index in [0.29, 0.717) is 27.1 Å². The molecule has 7 nitrogen and oxygen atoms in total. The molecular formula is C21H18N4O3S2. The number of nitrogens with one attached hydrogen (secondary N) is 1. The number of fused-ring (bicyclic) bond motifs is 1. The van der Waals surface area contributed by atoms with Gasteiger partial charge in [-0.15, -0.1) is 0 Å². The van der Waals surface area contributed by atoms with Gasteiger partial charge in [0.15, 0.2) is 5.16 Å². The molecule has 0 radical (unpaired) electrons. The lowest BCUT2D eigenvalue weighted by Gasteiger charge is -2.16. The molecule has 0 atom stereocenters. The number of aromatic nitrogens is 3. The number of aromatic amines is 1. The van der Waals surface area contributed by atoms with Crippen LogP contribution in [0.5, 0.6) is 0 Å². The number of thioether (sulfide) groups is 1. The SMILES string of the molecule is CC(C)c1ccc(S(=O)(=O)/N=C2/C=C(Sc3ncn[nH]3)C(=O)c3ccccc32)cc1. The molecule has 1 aliphatic rings. The van der Waals surface area contributed by atoms with Crippen molar-refractivity contribution in [2.75, 3.05) is 0 Å². The number of allylic oxidation sites excluding steroid dienone is 2. The molecule has 0 saturated carbocycles. The van der Waals surface area contributed by atoms with E-state index in [0.717, 1.165) is 17.3 Å².